The Hall–Kier alpha value is -2.39. The number of nitrogens with zero attached hydrogens (tertiary/aromatic N) is 1. The van der Waals surface area contributed by atoms with Crippen LogP contribution in [0.4, 0.5) is 0 Å². The number of aromatic hydroxyl groups is 1. The second-order valence-corrected chi connectivity index (χ2v) is 9.13. The maximum absolute atomic E-state index is 13.1. The fourth-order valence-electron chi connectivity index (χ4n) is 3.93. The minimum atomic E-state index is -5.09. The Balaban J connectivity index is 2.04. The lowest BCUT2D eigenvalue weighted by molar-refractivity contribution is 0.0630. The number of rotatable bonds is 4. The molecule has 32 heavy (non-hydrogen) atoms. The van der Waals surface area contributed by atoms with Crippen molar-refractivity contribution in [3.8, 4) is 22.8 Å². The van der Waals surface area contributed by atoms with Crippen LogP contribution in [0.1, 0.15) is 19.3 Å². The average molecular weight is 483 g/mol. The van der Waals surface area contributed by atoms with Crippen LogP contribution in [-0.4, -0.2) is 51.1 Å². The zero-order valence-corrected chi connectivity index (χ0v) is 18.5. The number of likely N-dealkylation sites (tertiary alicyclic amines) is 1. The van der Waals surface area contributed by atoms with Crippen LogP contribution in [0.3, 0.4) is 0 Å². The summed E-state index contributed by atoms with van der Waals surface area (Å²) in [6, 6.07) is 8.60. The van der Waals surface area contributed by atoms with Crippen molar-refractivity contribution in [2.45, 2.75) is 18.4 Å². The van der Waals surface area contributed by atoms with Crippen molar-refractivity contribution in [2.75, 3.05) is 20.1 Å². The van der Waals surface area contributed by atoms with Gasteiger partial charge in [0.25, 0.3) is 0 Å². The first-order valence-corrected chi connectivity index (χ1v) is 11.5. The summed E-state index contributed by atoms with van der Waals surface area (Å²) in [7, 11) is -3.40. The van der Waals surface area contributed by atoms with Gasteiger partial charge in [-0.3, -0.25) is 14.6 Å². The Labute approximate surface area is 189 Å². The van der Waals surface area contributed by atoms with E-state index in [4.69, 9.17) is 17.4 Å². The molecule has 1 fully saturated rings. The van der Waals surface area contributed by atoms with Gasteiger partial charge < -0.3 is 24.1 Å². The molecule has 1 aliphatic heterocycles. The minimum Gasteiger partial charge on any atom is -0.507 e. The Morgan fingerprint density at radius 1 is 1.31 bits per heavy atom. The lowest BCUT2D eigenvalue weighted by Gasteiger charge is -2.34. The normalized spacial score (nSPS) is 22.7. The number of halogens is 1. The largest absolute Gasteiger partial charge is 0.524 e. The number of phenolic OH excluding ortho intramolecular Hbond substituents is 1. The van der Waals surface area contributed by atoms with Gasteiger partial charge in [0.05, 0.1) is 11.1 Å². The lowest BCUT2D eigenvalue weighted by Crippen LogP contribution is -2.40. The molecule has 1 aromatic heterocycles. The molecule has 0 spiro atoms. The molecule has 11 heteroatoms. The molecule has 3 atom stereocenters. The van der Waals surface area contributed by atoms with Crippen LogP contribution in [0.15, 0.2) is 45.6 Å². The average Bonchev–Trinajstić information content (AvgIpc) is 2.72. The summed E-state index contributed by atoms with van der Waals surface area (Å²) in [4.78, 5) is 33.3. The zero-order chi connectivity index (χ0) is 24.1. The molecule has 170 valence electrons. The van der Waals surface area contributed by atoms with E-state index in [2.05, 4.69) is 4.52 Å². The Bertz CT molecular complexity index is 1330. The molecular weight excluding hydrogens is 461 g/mol. The summed E-state index contributed by atoms with van der Waals surface area (Å²) in [6.45, 7) is -0.575. The van der Waals surface area contributed by atoms with Crippen LogP contribution in [-0.2, 0) is 4.57 Å². The van der Waals surface area contributed by atoms with E-state index >= 15 is 0 Å². The number of likely N-dealkylation sites (N-methyl/N-ethyl adjacent to an activating group) is 1. The van der Waals surface area contributed by atoms with Crippen molar-refractivity contribution >= 4 is 30.4 Å². The monoisotopic (exact) mass is 482 g/mol. The standard InChI is InChI=1S/C21H21ClNO8P/c1-23-7-6-12(16(26)10-23)19-14(24)9-18(31-32(27,28)29)20-15(25)8-17(30-21(19)20)11-4-2-3-5-13(11)22/h2-5,8-9,12,16,24,26H,6-7,10H2,1H3,(H2,27,28,29)/t12-,16+/m0/s1/i10D/t10?,12-,16+. The summed E-state index contributed by atoms with van der Waals surface area (Å²) in [5.41, 5.74) is -0.471. The first kappa shape index (κ1) is 21.5. The maximum Gasteiger partial charge on any atom is 0.524 e. The van der Waals surface area contributed by atoms with E-state index in [1.807, 2.05) is 0 Å². The first-order chi connectivity index (χ1) is 15.5. The van der Waals surface area contributed by atoms with E-state index in [0.29, 0.717) is 23.6 Å². The van der Waals surface area contributed by atoms with Gasteiger partial charge in [0.2, 0.25) is 0 Å². The summed E-state index contributed by atoms with van der Waals surface area (Å²) >= 11 is 6.25. The molecule has 3 aromatic rings. The van der Waals surface area contributed by atoms with Crippen LogP contribution < -0.4 is 9.95 Å². The topological polar surface area (TPSA) is 141 Å². The molecule has 2 heterocycles. The fraction of sp³-hybridized carbons (Fsp3) is 0.286. The zero-order valence-electron chi connectivity index (χ0n) is 17.8. The van der Waals surface area contributed by atoms with E-state index in [-0.39, 0.29) is 22.3 Å². The van der Waals surface area contributed by atoms with Crippen molar-refractivity contribution < 1.29 is 34.9 Å². The SMILES string of the molecule is [2H]C1[C@@H](O)[C@@H](c2c(O)cc(OP(=O)(O)O)c3c(=O)cc(-c4ccccc4Cl)oc23)CCN1C. The third-order valence-electron chi connectivity index (χ3n) is 5.32. The number of hydrogen-bond acceptors (Lipinski definition) is 7. The molecule has 4 rings (SSSR count). The third kappa shape index (κ3) is 4.41. The van der Waals surface area contributed by atoms with Gasteiger partial charge in [0.1, 0.15) is 28.2 Å². The van der Waals surface area contributed by atoms with E-state index < -0.39 is 43.3 Å². The number of piperidine rings is 1. The number of phenols is 1. The Kier molecular flexibility index (Phi) is 5.71. The summed E-state index contributed by atoms with van der Waals surface area (Å²) in [5, 5.41) is 21.6. The van der Waals surface area contributed by atoms with Gasteiger partial charge in [-0.05, 0) is 32.1 Å². The van der Waals surface area contributed by atoms with Gasteiger partial charge in [-0.2, -0.15) is 0 Å². The number of fused-ring (bicyclic) bond motifs is 1. The van der Waals surface area contributed by atoms with Gasteiger partial charge in [-0.15, -0.1) is 0 Å². The Morgan fingerprint density at radius 2 is 2.03 bits per heavy atom. The molecule has 2 aromatic carbocycles. The van der Waals surface area contributed by atoms with E-state index in [9.17, 15) is 29.4 Å². The molecule has 1 unspecified atom stereocenters. The van der Waals surface area contributed by atoms with Crippen LogP contribution in [0.2, 0.25) is 5.02 Å². The summed E-state index contributed by atoms with van der Waals surface area (Å²) < 4.78 is 30.3. The van der Waals surface area contributed by atoms with Crippen LogP contribution >= 0.6 is 19.4 Å². The molecule has 1 saturated heterocycles. The van der Waals surface area contributed by atoms with Gasteiger partial charge in [0.15, 0.2) is 5.43 Å². The second-order valence-electron chi connectivity index (χ2n) is 7.56. The highest BCUT2D eigenvalue weighted by Crippen LogP contribution is 2.47. The van der Waals surface area contributed by atoms with Crippen molar-refractivity contribution in [2.24, 2.45) is 0 Å². The quantitative estimate of drug-likeness (QED) is 0.413. The van der Waals surface area contributed by atoms with E-state index in [0.717, 1.165) is 12.1 Å². The summed E-state index contributed by atoms with van der Waals surface area (Å²) in [6.07, 6.45) is -0.908. The highest BCUT2D eigenvalue weighted by molar-refractivity contribution is 7.46. The Morgan fingerprint density at radius 3 is 2.72 bits per heavy atom. The molecule has 9 nitrogen and oxygen atoms in total. The van der Waals surface area contributed by atoms with Crippen molar-refractivity contribution in [3.63, 3.8) is 0 Å². The number of aliphatic hydroxyl groups is 1. The first-order valence-electron chi connectivity index (χ1n) is 10.2. The highest BCUT2D eigenvalue weighted by atomic mass is 35.5. The van der Waals surface area contributed by atoms with Gasteiger partial charge in [-0.25, -0.2) is 4.57 Å². The molecule has 0 aliphatic carbocycles. The van der Waals surface area contributed by atoms with Gasteiger partial charge >= 0.3 is 7.82 Å². The third-order valence-corrected chi connectivity index (χ3v) is 6.09. The van der Waals surface area contributed by atoms with Crippen molar-refractivity contribution in [3.05, 3.63) is 57.2 Å². The molecule has 0 amide bonds. The number of phosphoric acid groups is 1. The van der Waals surface area contributed by atoms with E-state index in [1.165, 1.54) is 0 Å². The van der Waals surface area contributed by atoms with Crippen LogP contribution in [0.5, 0.6) is 11.5 Å². The molecule has 0 bridgehead atoms. The maximum atomic E-state index is 13.1. The predicted octanol–water partition coefficient (Wildman–Crippen LogP) is 3.07. The fourth-order valence-corrected chi connectivity index (χ4v) is 4.56. The molecule has 1 aliphatic rings. The van der Waals surface area contributed by atoms with Crippen LogP contribution in [0, 0.1) is 0 Å². The number of phosphoric ester groups is 1. The molecule has 4 N–H and O–H groups in total. The number of hydrogen-bond donors (Lipinski definition) is 4. The highest BCUT2D eigenvalue weighted by Gasteiger charge is 2.34. The number of benzene rings is 2. The van der Waals surface area contributed by atoms with Crippen molar-refractivity contribution in [1.29, 1.82) is 0 Å². The lowest BCUT2D eigenvalue weighted by atomic mass is 9.85. The summed E-state index contributed by atoms with van der Waals surface area (Å²) in [5.74, 6) is -1.80. The van der Waals surface area contributed by atoms with Gasteiger partial charge in [-0.1, -0.05) is 23.7 Å². The molecule has 0 saturated carbocycles. The van der Waals surface area contributed by atoms with E-state index in [1.54, 1.807) is 36.2 Å². The van der Waals surface area contributed by atoms with Crippen LogP contribution in [0.25, 0.3) is 22.3 Å². The smallest absolute Gasteiger partial charge is 0.507 e. The molecular formula is C21H21ClNO8P. The van der Waals surface area contributed by atoms with Gasteiger partial charge in [0, 0.05) is 37.1 Å². The predicted molar refractivity (Wildman–Crippen MR) is 118 cm³/mol. The minimum absolute atomic E-state index is 0.0481. The number of β-amino-alcohol motifs (C(OH)–C–C–N with tert-alkyl or cyclic N) is 1. The molecule has 0 radical (unpaired) electrons. The second kappa shape index (κ2) is 8.51. The van der Waals surface area contributed by atoms with Crippen molar-refractivity contribution in [1.82, 2.24) is 4.90 Å². The number of aliphatic hydroxyl groups excluding tert-OH is 1.